The number of carbonyl (C=O) groups excluding carboxylic acids is 1. The number of amides is 1. The maximum atomic E-state index is 12.6. The van der Waals surface area contributed by atoms with E-state index in [1.54, 1.807) is 31.1 Å². The highest BCUT2D eigenvalue weighted by molar-refractivity contribution is 5.95. The van der Waals surface area contributed by atoms with Crippen molar-refractivity contribution in [2.45, 2.75) is 31.9 Å². The number of aliphatic hydroxyl groups excluding tert-OH is 1. The van der Waals surface area contributed by atoms with E-state index in [4.69, 9.17) is 9.47 Å². The summed E-state index contributed by atoms with van der Waals surface area (Å²) in [6, 6.07) is 7.43. The van der Waals surface area contributed by atoms with Gasteiger partial charge in [0.2, 0.25) is 0 Å². The van der Waals surface area contributed by atoms with Gasteiger partial charge in [-0.2, -0.15) is 0 Å². The standard InChI is InChI=1S/C16H23NO4/c1-12(18)11-17(14-6-7-14)16(19)13-4-3-5-15(10-13)21-9-8-20-2/h3-5,10,12,14,18H,6-9,11H2,1-2H3. The van der Waals surface area contributed by atoms with Crippen molar-refractivity contribution < 1.29 is 19.4 Å². The zero-order chi connectivity index (χ0) is 15.2. The molecule has 0 heterocycles. The fourth-order valence-electron chi connectivity index (χ4n) is 2.20. The molecule has 1 aromatic carbocycles. The lowest BCUT2D eigenvalue weighted by Crippen LogP contribution is -2.38. The molecule has 0 saturated heterocycles. The third-order valence-corrected chi connectivity index (χ3v) is 3.35. The predicted octanol–water partition coefficient (Wildman–Crippen LogP) is 1.70. The number of benzene rings is 1. The molecule has 21 heavy (non-hydrogen) atoms. The first-order chi connectivity index (χ1) is 10.1. The van der Waals surface area contributed by atoms with Gasteiger partial charge in [0.15, 0.2) is 0 Å². The largest absolute Gasteiger partial charge is 0.491 e. The van der Waals surface area contributed by atoms with E-state index in [0.29, 0.717) is 31.1 Å². The lowest BCUT2D eigenvalue weighted by Gasteiger charge is -2.24. The Morgan fingerprint density at radius 3 is 2.81 bits per heavy atom. The molecule has 1 aromatic rings. The highest BCUT2D eigenvalue weighted by atomic mass is 16.5. The molecule has 0 bridgehead atoms. The zero-order valence-corrected chi connectivity index (χ0v) is 12.6. The zero-order valence-electron chi connectivity index (χ0n) is 12.6. The van der Waals surface area contributed by atoms with Gasteiger partial charge in [-0.1, -0.05) is 6.07 Å². The molecule has 1 unspecified atom stereocenters. The number of hydrogen-bond acceptors (Lipinski definition) is 4. The molecule has 1 aliphatic rings. The molecule has 2 rings (SSSR count). The first-order valence-corrected chi connectivity index (χ1v) is 7.32. The van der Waals surface area contributed by atoms with Crippen LogP contribution in [0.5, 0.6) is 5.75 Å². The Hall–Kier alpha value is -1.59. The van der Waals surface area contributed by atoms with Crippen LogP contribution < -0.4 is 4.74 Å². The smallest absolute Gasteiger partial charge is 0.254 e. The molecule has 5 heteroatoms. The summed E-state index contributed by atoms with van der Waals surface area (Å²) in [5, 5.41) is 9.56. The number of ether oxygens (including phenoxy) is 2. The molecular formula is C16H23NO4. The summed E-state index contributed by atoms with van der Waals surface area (Å²) >= 11 is 0. The SMILES string of the molecule is COCCOc1cccc(C(=O)N(CC(C)O)C2CC2)c1. The van der Waals surface area contributed by atoms with E-state index in [1.165, 1.54) is 0 Å². The number of aliphatic hydroxyl groups is 1. The Kier molecular flexibility index (Phi) is 5.59. The van der Waals surface area contributed by atoms with E-state index < -0.39 is 6.10 Å². The highest BCUT2D eigenvalue weighted by Crippen LogP contribution is 2.29. The third-order valence-electron chi connectivity index (χ3n) is 3.35. The Balaban J connectivity index is 2.04. The quantitative estimate of drug-likeness (QED) is 0.741. The predicted molar refractivity (Wildman–Crippen MR) is 79.6 cm³/mol. The average molecular weight is 293 g/mol. The summed E-state index contributed by atoms with van der Waals surface area (Å²) in [4.78, 5) is 14.3. The minimum absolute atomic E-state index is 0.0457. The van der Waals surface area contributed by atoms with Gasteiger partial charge in [-0.3, -0.25) is 4.79 Å². The van der Waals surface area contributed by atoms with Crippen LogP contribution in [-0.4, -0.2) is 54.9 Å². The number of carbonyl (C=O) groups is 1. The highest BCUT2D eigenvalue weighted by Gasteiger charge is 2.33. The van der Waals surface area contributed by atoms with Crippen LogP contribution in [-0.2, 0) is 4.74 Å². The molecule has 5 nitrogen and oxygen atoms in total. The second-order valence-corrected chi connectivity index (χ2v) is 5.41. The fourth-order valence-corrected chi connectivity index (χ4v) is 2.20. The maximum absolute atomic E-state index is 12.6. The number of hydrogen-bond donors (Lipinski definition) is 1. The van der Waals surface area contributed by atoms with Crippen LogP contribution >= 0.6 is 0 Å². The van der Waals surface area contributed by atoms with E-state index in [9.17, 15) is 9.90 Å². The number of rotatable bonds is 8. The van der Waals surface area contributed by atoms with Crippen LogP contribution in [0, 0.1) is 0 Å². The Bertz CT molecular complexity index is 471. The molecule has 1 N–H and O–H groups in total. The summed E-state index contributed by atoms with van der Waals surface area (Å²) in [7, 11) is 1.62. The van der Waals surface area contributed by atoms with Gasteiger partial charge in [-0.15, -0.1) is 0 Å². The molecule has 0 aliphatic heterocycles. The van der Waals surface area contributed by atoms with Gasteiger partial charge in [0.1, 0.15) is 12.4 Å². The van der Waals surface area contributed by atoms with Crippen molar-refractivity contribution in [3.63, 3.8) is 0 Å². The minimum Gasteiger partial charge on any atom is -0.491 e. The van der Waals surface area contributed by atoms with Crippen molar-refractivity contribution in [3.8, 4) is 5.75 Å². The molecule has 1 amide bonds. The second-order valence-electron chi connectivity index (χ2n) is 5.41. The summed E-state index contributed by atoms with van der Waals surface area (Å²) in [5.74, 6) is 0.612. The first kappa shape index (κ1) is 15.8. The Morgan fingerprint density at radius 1 is 1.43 bits per heavy atom. The molecule has 116 valence electrons. The van der Waals surface area contributed by atoms with Crippen molar-refractivity contribution in [2.75, 3.05) is 26.9 Å². The van der Waals surface area contributed by atoms with Crippen LogP contribution in [0.25, 0.3) is 0 Å². The van der Waals surface area contributed by atoms with Crippen LogP contribution in [0.15, 0.2) is 24.3 Å². The first-order valence-electron chi connectivity index (χ1n) is 7.32. The van der Waals surface area contributed by atoms with Gasteiger partial charge in [-0.05, 0) is 38.0 Å². The van der Waals surface area contributed by atoms with Gasteiger partial charge in [0, 0.05) is 25.3 Å². The minimum atomic E-state index is -0.518. The molecule has 1 atom stereocenters. The molecule has 1 aliphatic carbocycles. The molecular weight excluding hydrogens is 270 g/mol. The van der Waals surface area contributed by atoms with Crippen molar-refractivity contribution in [2.24, 2.45) is 0 Å². The average Bonchev–Trinajstić information content (AvgIpc) is 3.29. The van der Waals surface area contributed by atoms with Gasteiger partial charge in [-0.25, -0.2) is 0 Å². The lowest BCUT2D eigenvalue weighted by atomic mass is 10.1. The number of nitrogens with zero attached hydrogens (tertiary/aromatic N) is 1. The summed E-state index contributed by atoms with van der Waals surface area (Å²) in [6.45, 7) is 3.04. The van der Waals surface area contributed by atoms with Crippen LogP contribution in [0.2, 0.25) is 0 Å². The molecule has 1 saturated carbocycles. The van der Waals surface area contributed by atoms with Crippen LogP contribution in [0.3, 0.4) is 0 Å². The van der Waals surface area contributed by atoms with E-state index in [2.05, 4.69) is 0 Å². The lowest BCUT2D eigenvalue weighted by molar-refractivity contribution is 0.0629. The maximum Gasteiger partial charge on any atom is 0.254 e. The third kappa shape index (κ3) is 4.72. The van der Waals surface area contributed by atoms with E-state index >= 15 is 0 Å². The van der Waals surface area contributed by atoms with Crippen molar-refractivity contribution in [1.82, 2.24) is 4.90 Å². The second kappa shape index (κ2) is 7.43. The van der Waals surface area contributed by atoms with E-state index in [-0.39, 0.29) is 11.9 Å². The molecule has 0 spiro atoms. The summed E-state index contributed by atoms with van der Waals surface area (Å²) < 4.78 is 10.5. The monoisotopic (exact) mass is 293 g/mol. The molecule has 1 fully saturated rings. The number of methoxy groups -OCH3 is 1. The van der Waals surface area contributed by atoms with Gasteiger partial charge >= 0.3 is 0 Å². The van der Waals surface area contributed by atoms with E-state index in [1.807, 2.05) is 12.1 Å². The fraction of sp³-hybridized carbons (Fsp3) is 0.562. The van der Waals surface area contributed by atoms with Gasteiger partial charge in [0.25, 0.3) is 5.91 Å². The van der Waals surface area contributed by atoms with Crippen molar-refractivity contribution >= 4 is 5.91 Å². The van der Waals surface area contributed by atoms with Gasteiger partial charge < -0.3 is 19.5 Å². The van der Waals surface area contributed by atoms with E-state index in [0.717, 1.165) is 12.8 Å². The normalized spacial score (nSPS) is 15.6. The van der Waals surface area contributed by atoms with Crippen molar-refractivity contribution in [3.05, 3.63) is 29.8 Å². The molecule has 0 aromatic heterocycles. The Labute approximate surface area is 125 Å². The summed E-state index contributed by atoms with van der Waals surface area (Å²) in [5.41, 5.74) is 0.595. The van der Waals surface area contributed by atoms with Crippen LogP contribution in [0.1, 0.15) is 30.1 Å². The Morgan fingerprint density at radius 2 is 2.19 bits per heavy atom. The topological polar surface area (TPSA) is 59.0 Å². The van der Waals surface area contributed by atoms with Gasteiger partial charge in [0.05, 0.1) is 12.7 Å². The van der Waals surface area contributed by atoms with Crippen LogP contribution in [0.4, 0.5) is 0 Å². The van der Waals surface area contributed by atoms with Crippen molar-refractivity contribution in [1.29, 1.82) is 0 Å². The molecule has 0 radical (unpaired) electrons. The summed E-state index contributed by atoms with van der Waals surface area (Å²) in [6.07, 6.45) is 1.51.